The number of nitrogens with one attached hydrogen (secondary N) is 1. The molecule has 64 valence electrons. The minimum atomic E-state index is 0.0327. The Hall–Kier alpha value is -0.610. The summed E-state index contributed by atoms with van der Waals surface area (Å²) < 4.78 is 0. The van der Waals surface area contributed by atoms with E-state index in [1.807, 2.05) is 0 Å². The zero-order valence-electron chi connectivity index (χ0n) is 6.84. The first-order valence-electron chi connectivity index (χ1n) is 3.95. The average molecular weight is 157 g/mol. The highest BCUT2D eigenvalue weighted by Gasteiger charge is 2.17. The second kappa shape index (κ2) is 3.69. The van der Waals surface area contributed by atoms with Crippen molar-refractivity contribution in [1.82, 2.24) is 10.3 Å². The van der Waals surface area contributed by atoms with Gasteiger partial charge in [-0.2, -0.15) is 0 Å². The van der Waals surface area contributed by atoms with Crippen LogP contribution < -0.4 is 11.2 Å². The fraction of sp³-hybridized carbons (Fsp3) is 0.857. The molecule has 1 aliphatic rings. The maximum atomic E-state index is 10.6. The fourth-order valence-corrected chi connectivity index (χ4v) is 1.41. The van der Waals surface area contributed by atoms with Gasteiger partial charge in [0.25, 0.3) is 0 Å². The monoisotopic (exact) mass is 157 g/mol. The second-order valence-corrected chi connectivity index (χ2v) is 3.03. The van der Waals surface area contributed by atoms with Crippen LogP contribution in [-0.4, -0.2) is 30.0 Å². The van der Waals surface area contributed by atoms with E-state index in [1.165, 1.54) is 6.92 Å². The van der Waals surface area contributed by atoms with Crippen molar-refractivity contribution in [2.75, 3.05) is 13.1 Å². The van der Waals surface area contributed by atoms with Gasteiger partial charge in [-0.3, -0.25) is 10.6 Å². The molecule has 0 aliphatic carbocycles. The highest BCUT2D eigenvalue weighted by molar-refractivity contribution is 5.73. The fourth-order valence-electron chi connectivity index (χ4n) is 1.41. The Bertz CT molecular complexity index is 149. The molecule has 1 aliphatic heterocycles. The van der Waals surface area contributed by atoms with Crippen LogP contribution >= 0.6 is 0 Å². The lowest BCUT2D eigenvalue weighted by atomic mass is 10.1. The normalized spacial score (nSPS) is 26.5. The predicted octanol–water partition coefficient (Wildman–Crippen LogP) is -0.539. The highest BCUT2D eigenvalue weighted by Crippen LogP contribution is 2.05. The van der Waals surface area contributed by atoms with Crippen LogP contribution in [-0.2, 0) is 4.79 Å². The molecule has 1 saturated heterocycles. The Morgan fingerprint density at radius 2 is 2.45 bits per heavy atom. The standard InChI is InChI=1S/C7H15N3O/c1-6(11)9-7-3-2-4-10(8)5-7/h7H,2-5,8H2,1H3,(H,9,11)/t7-/m0/s1. The van der Waals surface area contributed by atoms with Crippen LogP contribution in [0.4, 0.5) is 0 Å². The Balaban J connectivity index is 2.28. The van der Waals surface area contributed by atoms with Gasteiger partial charge in [-0.15, -0.1) is 0 Å². The van der Waals surface area contributed by atoms with Gasteiger partial charge in [0, 0.05) is 26.1 Å². The third-order valence-electron chi connectivity index (χ3n) is 1.86. The molecule has 0 unspecified atom stereocenters. The molecule has 0 radical (unpaired) electrons. The molecule has 1 fully saturated rings. The van der Waals surface area contributed by atoms with Crippen molar-refractivity contribution in [3.63, 3.8) is 0 Å². The summed E-state index contributed by atoms with van der Waals surface area (Å²) >= 11 is 0. The number of rotatable bonds is 1. The Morgan fingerprint density at radius 1 is 1.73 bits per heavy atom. The first-order chi connectivity index (χ1) is 5.18. The van der Waals surface area contributed by atoms with Crippen molar-refractivity contribution >= 4 is 5.91 Å². The van der Waals surface area contributed by atoms with Crippen molar-refractivity contribution in [3.8, 4) is 0 Å². The molecule has 1 atom stereocenters. The van der Waals surface area contributed by atoms with Gasteiger partial charge in [0.2, 0.25) is 5.91 Å². The van der Waals surface area contributed by atoms with Crippen molar-refractivity contribution in [3.05, 3.63) is 0 Å². The number of hydrogen-bond donors (Lipinski definition) is 2. The highest BCUT2D eigenvalue weighted by atomic mass is 16.1. The molecule has 0 bridgehead atoms. The van der Waals surface area contributed by atoms with E-state index >= 15 is 0 Å². The van der Waals surface area contributed by atoms with Crippen molar-refractivity contribution < 1.29 is 4.79 Å². The van der Waals surface area contributed by atoms with Gasteiger partial charge in [0.1, 0.15) is 0 Å². The van der Waals surface area contributed by atoms with Gasteiger partial charge in [-0.1, -0.05) is 0 Å². The zero-order valence-corrected chi connectivity index (χ0v) is 6.84. The Morgan fingerprint density at radius 3 is 3.00 bits per heavy atom. The number of hydrazine groups is 1. The van der Waals surface area contributed by atoms with Gasteiger partial charge in [0.15, 0.2) is 0 Å². The summed E-state index contributed by atoms with van der Waals surface area (Å²) in [5, 5.41) is 4.61. The van der Waals surface area contributed by atoms with Gasteiger partial charge in [0.05, 0.1) is 0 Å². The number of carbonyl (C=O) groups excluding carboxylic acids is 1. The van der Waals surface area contributed by atoms with E-state index < -0.39 is 0 Å². The van der Waals surface area contributed by atoms with Crippen LogP contribution in [0.1, 0.15) is 19.8 Å². The first kappa shape index (κ1) is 8.49. The Labute approximate surface area is 66.7 Å². The molecule has 1 heterocycles. The molecule has 4 heteroatoms. The summed E-state index contributed by atoms with van der Waals surface area (Å²) in [6.45, 7) is 3.26. The van der Waals surface area contributed by atoms with E-state index in [1.54, 1.807) is 5.01 Å². The number of nitrogens with zero attached hydrogens (tertiary/aromatic N) is 1. The summed E-state index contributed by atoms with van der Waals surface area (Å²) in [5.41, 5.74) is 0. The number of carbonyl (C=O) groups is 1. The maximum absolute atomic E-state index is 10.6. The van der Waals surface area contributed by atoms with Gasteiger partial charge in [-0.05, 0) is 12.8 Å². The van der Waals surface area contributed by atoms with Gasteiger partial charge in [-0.25, -0.2) is 5.01 Å². The lowest BCUT2D eigenvalue weighted by molar-refractivity contribution is -0.120. The van der Waals surface area contributed by atoms with E-state index in [0.717, 1.165) is 25.9 Å². The maximum Gasteiger partial charge on any atom is 0.217 e. The quantitative estimate of drug-likeness (QED) is 0.503. The topological polar surface area (TPSA) is 58.4 Å². The molecular weight excluding hydrogens is 142 g/mol. The number of amides is 1. The van der Waals surface area contributed by atoms with E-state index in [9.17, 15) is 4.79 Å². The number of hydrogen-bond acceptors (Lipinski definition) is 3. The third kappa shape index (κ3) is 2.86. The van der Waals surface area contributed by atoms with E-state index in [4.69, 9.17) is 5.84 Å². The van der Waals surface area contributed by atoms with Crippen molar-refractivity contribution in [1.29, 1.82) is 0 Å². The van der Waals surface area contributed by atoms with Crippen LogP contribution in [0, 0.1) is 0 Å². The van der Waals surface area contributed by atoms with E-state index in [0.29, 0.717) is 0 Å². The molecule has 0 spiro atoms. The van der Waals surface area contributed by atoms with Crippen molar-refractivity contribution in [2.24, 2.45) is 5.84 Å². The smallest absolute Gasteiger partial charge is 0.217 e. The minimum Gasteiger partial charge on any atom is -0.352 e. The van der Waals surface area contributed by atoms with Crippen LogP contribution in [0.5, 0.6) is 0 Å². The molecule has 3 N–H and O–H groups in total. The number of piperidine rings is 1. The van der Waals surface area contributed by atoms with Crippen molar-refractivity contribution in [2.45, 2.75) is 25.8 Å². The van der Waals surface area contributed by atoms with Crippen LogP contribution in [0.3, 0.4) is 0 Å². The van der Waals surface area contributed by atoms with E-state index in [-0.39, 0.29) is 11.9 Å². The first-order valence-corrected chi connectivity index (χ1v) is 3.95. The molecule has 0 aromatic heterocycles. The molecule has 1 rings (SSSR count). The average Bonchev–Trinajstić information content (AvgIpc) is 1.85. The SMILES string of the molecule is CC(=O)N[C@H]1CCCN(N)C1. The second-order valence-electron chi connectivity index (χ2n) is 3.03. The minimum absolute atomic E-state index is 0.0327. The molecule has 1 amide bonds. The van der Waals surface area contributed by atoms with Gasteiger partial charge >= 0.3 is 0 Å². The lowest BCUT2D eigenvalue weighted by Gasteiger charge is -2.29. The Kier molecular flexibility index (Phi) is 2.84. The van der Waals surface area contributed by atoms with Crippen LogP contribution in [0.2, 0.25) is 0 Å². The summed E-state index contributed by atoms with van der Waals surface area (Å²) in [5.74, 6) is 5.62. The zero-order chi connectivity index (χ0) is 8.27. The summed E-state index contributed by atoms with van der Waals surface area (Å²) in [6, 6.07) is 0.256. The molecule has 0 saturated carbocycles. The van der Waals surface area contributed by atoms with Gasteiger partial charge < -0.3 is 5.32 Å². The molecule has 11 heavy (non-hydrogen) atoms. The molecule has 0 aromatic carbocycles. The summed E-state index contributed by atoms with van der Waals surface area (Å²) in [6.07, 6.45) is 2.12. The van der Waals surface area contributed by atoms with E-state index in [2.05, 4.69) is 5.32 Å². The predicted molar refractivity (Wildman–Crippen MR) is 42.6 cm³/mol. The largest absolute Gasteiger partial charge is 0.352 e. The molecular formula is C7H15N3O. The third-order valence-corrected chi connectivity index (χ3v) is 1.86. The summed E-state index contributed by atoms with van der Waals surface area (Å²) in [7, 11) is 0. The van der Waals surface area contributed by atoms with Crippen LogP contribution in [0.25, 0.3) is 0 Å². The number of nitrogens with two attached hydrogens (primary N) is 1. The van der Waals surface area contributed by atoms with Crippen LogP contribution in [0.15, 0.2) is 0 Å². The lowest BCUT2D eigenvalue weighted by Crippen LogP contribution is -2.49. The summed E-state index contributed by atoms with van der Waals surface area (Å²) in [4.78, 5) is 10.6. The molecule has 0 aromatic rings. The molecule has 4 nitrogen and oxygen atoms in total.